The summed E-state index contributed by atoms with van der Waals surface area (Å²) in [6.07, 6.45) is 1.39. The summed E-state index contributed by atoms with van der Waals surface area (Å²) in [5.74, 6) is 0. The molecule has 33 heavy (non-hydrogen) atoms. The largest absolute Gasteiger partial charge is 3.00 e. The first-order valence-electron chi connectivity index (χ1n) is 13.5. The Morgan fingerprint density at radius 2 is 1.94 bits per heavy atom. The van der Waals surface area contributed by atoms with Gasteiger partial charge in [0.05, 0.1) is 2.74 Å². The molecule has 0 bridgehead atoms. The van der Waals surface area contributed by atoms with Gasteiger partial charge in [0.15, 0.2) is 0 Å². The van der Waals surface area contributed by atoms with Crippen molar-refractivity contribution in [3.8, 4) is 11.3 Å². The number of allylic oxidation sites excluding steroid dienone is 2. The van der Waals surface area contributed by atoms with Crippen LogP contribution in [0.3, 0.4) is 0 Å². The van der Waals surface area contributed by atoms with Crippen molar-refractivity contribution in [2.75, 3.05) is 6.52 Å². The Morgan fingerprint density at radius 3 is 2.76 bits per heavy atom. The van der Waals surface area contributed by atoms with E-state index >= 15 is 0 Å². The fraction of sp³-hybridized carbons (Fsp3) is 0.0690. The minimum Gasteiger partial charge on any atom is -0.725 e. The summed E-state index contributed by atoms with van der Waals surface area (Å²) >= 11 is 1.59. The molecule has 3 heterocycles. The Hall–Kier alpha value is -3.04. The van der Waals surface area contributed by atoms with Crippen molar-refractivity contribution >= 4 is 37.2 Å². The molecule has 0 N–H and O–H groups in total. The smallest absolute Gasteiger partial charge is 0.725 e. The molecular formula is C29H21IrN2S. The van der Waals surface area contributed by atoms with Crippen LogP contribution in [0.5, 0.6) is 0 Å². The summed E-state index contributed by atoms with van der Waals surface area (Å²) < 4.78 is 55.3. The molecule has 2 nitrogen and oxygen atoms in total. The second kappa shape index (κ2) is 10.7. The van der Waals surface area contributed by atoms with E-state index in [1.165, 1.54) is 6.20 Å². The fourth-order valence-electron chi connectivity index (χ4n) is 3.36. The van der Waals surface area contributed by atoms with Gasteiger partial charge in [0.1, 0.15) is 0 Å². The Bertz CT molecular complexity index is 1710. The van der Waals surface area contributed by atoms with E-state index in [-0.39, 0.29) is 49.5 Å². The van der Waals surface area contributed by atoms with Crippen LogP contribution in [0.1, 0.15) is 20.7 Å². The standard InChI is InChI=1S/C17H11NS.C12H10N.Ir/c1-2-10-16-12(6-1)13-7-5-8-14(17(13)19-16)15-9-3-4-11-18-15;1-10-7-8-12(13-9-10)11-5-3-2-4-6-11;/h1-7,9-10H,11H2;2-5,7-9H,1H3;/q-2;-1;+3/i3D,4D,9D,11D;1D3;. The number of thiophene rings is 1. The topological polar surface area (TPSA) is 27.0 Å². The molecule has 0 aliphatic carbocycles. The number of rotatable bonds is 2. The van der Waals surface area contributed by atoms with Gasteiger partial charge < -0.3 is 10.3 Å². The van der Waals surface area contributed by atoms with Gasteiger partial charge in [0.2, 0.25) is 0 Å². The molecule has 0 amide bonds. The number of pyridine rings is 1. The Kier molecular flexibility index (Phi) is 5.11. The zero-order valence-corrected chi connectivity index (χ0v) is 20.4. The monoisotopic (exact) mass is 629 g/mol. The average Bonchev–Trinajstić information content (AvgIpc) is 3.33. The predicted molar refractivity (Wildman–Crippen MR) is 137 cm³/mol. The molecule has 5 aromatic rings. The van der Waals surface area contributed by atoms with Crippen molar-refractivity contribution in [3.05, 3.63) is 126 Å². The molecular weight excluding hydrogens is 601 g/mol. The van der Waals surface area contributed by atoms with Gasteiger partial charge in [-0.3, -0.25) is 0 Å². The maximum Gasteiger partial charge on any atom is 3.00 e. The molecule has 2 aromatic heterocycles. The molecule has 6 rings (SSSR count). The van der Waals surface area contributed by atoms with Gasteiger partial charge in [0, 0.05) is 17.8 Å². The fourth-order valence-corrected chi connectivity index (χ4v) is 4.56. The molecule has 1 atom stereocenters. The molecule has 0 fully saturated rings. The summed E-state index contributed by atoms with van der Waals surface area (Å²) in [5, 5.41) is 6.35. The second-order valence-corrected chi connectivity index (χ2v) is 7.96. The average molecular weight is 629 g/mol. The van der Waals surface area contributed by atoms with Crippen LogP contribution in [0.2, 0.25) is 0 Å². The van der Waals surface area contributed by atoms with Crippen LogP contribution >= 0.6 is 11.3 Å². The molecule has 1 aliphatic rings. The molecule has 162 valence electrons. The Balaban J connectivity index is 0.000000192. The Morgan fingerprint density at radius 1 is 1.03 bits per heavy atom. The maximum atomic E-state index is 8.12. The number of aryl methyl sites for hydroxylation is 1. The van der Waals surface area contributed by atoms with E-state index in [4.69, 9.17) is 9.60 Å². The van der Waals surface area contributed by atoms with Gasteiger partial charge in [-0.2, -0.15) is 11.3 Å². The van der Waals surface area contributed by atoms with Gasteiger partial charge in [-0.1, -0.05) is 41.8 Å². The molecule has 1 unspecified atom stereocenters. The van der Waals surface area contributed by atoms with Crippen LogP contribution in [0, 0.1) is 19.0 Å². The van der Waals surface area contributed by atoms with Crippen molar-refractivity contribution in [3.63, 3.8) is 0 Å². The number of benzene rings is 3. The zero-order valence-electron chi connectivity index (χ0n) is 24.2. The summed E-state index contributed by atoms with van der Waals surface area (Å²) in [4.78, 5) is 4.12. The number of hydrogen-bond donors (Lipinski definition) is 0. The third-order valence-electron chi connectivity index (χ3n) is 4.84. The van der Waals surface area contributed by atoms with Crippen molar-refractivity contribution in [2.45, 2.75) is 6.85 Å². The first-order chi connectivity index (χ1) is 18.6. The summed E-state index contributed by atoms with van der Waals surface area (Å²) in [5.41, 5.74) is 2.77. The Labute approximate surface area is 221 Å². The SMILES string of the molecule is [2H]C([2H])([2H])c1ccc(-c2[c-]cccc2)nc1.[2H]C1=C(c2[c-]ccc3c2sc2ccccc23)[N-]C([2H])C([2H])=C1[2H].[Ir+3]. The summed E-state index contributed by atoms with van der Waals surface area (Å²) in [6.45, 7) is -3.24. The summed E-state index contributed by atoms with van der Waals surface area (Å²) in [6, 6.07) is 28.2. The zero-order chi connectivity index (χ0) is 27.7. The third kappa shape index (κ3) is 5.15. The van der Waals surface area contributed by atoms with Crippen molar-refractivity contribution < 1.29 is 29.7 Å². The van der Waals surface area contributed by atoms with E-state index in [1.54, 1.807) is 35.6 Å². The van der Waals surface area contributed by atoms with Crippen LogP contribution in [-0.2, 0) is 20.1 Å². The van der Waals surface area contributed by atoms with Crippen molar-refractivity contribution in [1.29, 1.82) is 0 Å². The molecule has 0 saturated heterocycles. The molecule has 4 heteroatoms. The number of nitrogens with zero attached hydrogens (tertiary/aromatic N) is 2. The first-order valence-corrected chi connectivity index (χ1v) is 10.7. The predicted octanol–water partition coefficient (Wildman–Crippen LogP) is 7.99. The van der Waals surface area contributed by atoms with E-state index in [1.807, 2.05) is 42.5 Å². The molecule has 1 aliphatic heterocycles. The van der Waals surface area contributed by atoms with Crippen LogP contribution in [0.15, 0.2) is 97.1 Å². The van der Waals surface area contributed by atoms with Gasteiger partial charge in [-0.25, -0.2) is 5.70 Å². The molecule has 0 saturated carbocycles. The van der Waals surface area contributed by atoms with Gasteiger partial charge in [-0.05, 0) is 34.3 Å². The third-order valence-corrected chi connectivity index (χ3v) is 6.04. The van der Waals surface area contributed by atoms with Crippen LogP contribution < -0.4 is 0 Å². The van der Waals surface area contributed by atoms with Crippen molar-refractivity contribution in [2.24, 2.45) is 0 Å². The van der Waals surface area contributed by atoms with Crippen molar-refractivity contribution in [1.82, 2.24) is 4.98 Å². The van der Waals surface area contributed by atoms with E-state index in [9.17, 15) is 0 Å². The quantitative estimate of drug-likeness (QED) is 0.182. The van der Waals surface area contributed by atoms with E-state index < -0.39 is 13.4 Å². The van der Waals surface area contributed by atoms with Gasteiger partial charge in [-0.15, -0.1) is 78.3 Å². The van der Waals surface area contributed by atoms with Gasteiger partial charge in [0.25, 0.3) is 0 Å². The normalized spacial score (nSPS) is 18.9. The number of aromatic nitrogens is 1. The van der Waals surface area contributed by atoms with Crippen LogP contribution in [0.25, 0.3) is 42.4 Å². The van der Waals surface area contributed by atoms with E-state index in [0.29, 0.717) is 5.56 Å². The second-order valence-electron chi connectivity index (χ2n) is 6.90. The maximum absolute atomic E-state index is 8.12. The molecule has 0 radical (unpaired) electrons. The van der Waals surface area contributed by atoms with Gasteiger partial charge >= 0.3 is 20.1 Å². The van der Waals surface area contributed by atoms with E-state index in [2.05, 4.69) is 28.5 Å². The number of hydrogen-bond acceptors (Lipinski definition) is 2. The summed E-state index contributed by atoms with van der Waals surface area (Å²) in [7, 11) is 0. The van der Waals surface area contributed by atoms with Crippen LogP contribution in [-0.4, -0.2) is 11.5 Å². The first kappa shape index (κ1) is 15.7. The van der Waals surface area contributed by atoms with E-state index in [0.717, 1.165) is 31.4 Å². The number of fused-ring (bicyclic) bond motifs is 3. The molecule has 3 aromatic carbocycles. The minimum absolute atomic E-state index is 0. The molecule has 0 spiro atoms. The minimum atomic E-state index is -2.09. The van der Waals surface area contributed by atoms with Crippen LogP contribution in [0.4, 0.5) is 0 Å².